The van der Waals surface area contributed by atoms with Gasteiger partial charge in [0.15, 0.2) is 6.10 Å². The number of carboxylic acids is 1. The highest BCUT2D eigenvalue weighted by atomic mass is 19.4. The number of ether oxygens (including phenoxy) is 2. The Morgan fingerprint density at radius 2 is 1.89 bits per heavy atom. The summed E-state index contributed by atoms with van der Waals surface area (Å²) >= 11 is 0. The molecule has 0 aromatic heterocycles. The largest absolute Gasteiger partial charge is 0.573 e. The van der Waals surface area contributed by atoms with Crippen LogP contribution >= 0.6 is 0 Å². The third kappa shape index (κ3) is 5.05. The normalized spacial score (nSPS) is 13.1. The zero-order valence-corrected chi connectivity index (χ0v) is 9.40. The van der Waals surface area contributed by atoms with Crippen molar-refractivity contribution in [2.24, 2.45) is 0 Å². The highest BCUT2D eigenvalue weighted by molar-refractivity contribution is 5.71. The van der Waals surface area contributed by atoms with Crippen LogP contribution in [-0.2, 0) is 16.1 Å². The fourth-order valence-electron chi connectivity index (χ4n) is 1.08. The van der Waals surface area contributed by atoms with Crippen LogP contribution in [0, 0.1) is 0 Å². The first-order valence-corrected chi connectivity index (χ1v) is 4.97. The summed E-state index contributed by atoms with van der Waals surface area (Å²) in [4.78, 5) is 10.5. The van der Waals surface area contributed by atoms with E-state index in [1.807, 2.05) is 0 Å². The molecule has 0 unspecified atom stereocenters. The molecule has 0 spiro atoms. The van der Waals surface area contributed by atoms with Crippen LogP contribution in [0.1, 0.15) is 12.5 Å². The van der Waals surface area contributed by atoms with Gasteiger partial charge in [-0.1, -0.05) is 12.1 Å². The van der Waals surface area contributed by atoms with Gasteiger partial charge >= 0.3 is 12.3 Å². The monoisotopic (exact) mass is 264 g/mol. The van der Waals surface area contributed by atoms with Gasteiger partial charge in [-0.3, -0.25) is 0 Å². The lowest BCUT2D eigenvalue weighted by Crippen LogP contribution is -2.19. The van der Waals surface area contributed by atoms with E-state index in [-0.39, 0.29) is 12.4 Å². The van der Waals surface area contributed by atoms with E-state index in [4.69, 9.17) is 9.84 Å². The molecule has 100 valence electrons. The van der Waals surface area contributed by atoms with E-state index in [0.29, 0.717) is 5.56 Å². The zero-order chi connectivity index (χ0) is 13.8. The first kappa shape index (κ1) is 14.3. The second kappa shape index (κ2) is 5.72. The number of halogens is 3. The summed E-state index contributed by atoms with van der Waals surface area (Å²) in [7, 11) is 0. The summed E-state index contributed by atoms with van der Waals surface area (Å²) in [5, 5.41) is 8.56. The number of carbonyl (C=O) groups is 1. The van der Waals surface area contributed by atoms with E-state index < -0.39 is 18.4 Å². The molecular weight excluding hydrogens is 253 g/mol. The SMILES string of the molecule is C[C@@H](OCc1ccc(OC(F)(F)F)cc1)C(=O)O. The third-order valence-electron chi connectivity index (χ3n) is 2.00. The van der Waals surface area contributed by atoms with Crippen molar-refractivity contribution in [1.82, 2.24) is 0 Å². The van der Waals surface area contributed by atoms with E-state index in [0.717, 1.165) is 12.1 Å². The Morgan fingerprint density at radius 3 is 2.33 bits per heavy atom. The maximum Gasteiger partial charge on any atom is 0.573 e. The molecule has 0 aliphatic heterocycles. The molecule has 0 aliphatic carbocycles. The van der Waals surface area contributed by atoms with Crippen molar-refractivity contribution in [2.45, 2.75) is 26.0 Å². The van der Waals surface area contributed by atoms with Crippen molar-refractivity contribution in [1.29, 1.82) is 0 Å². The molecule has 0 aliphatic rings. The van der Waals surface area contributed by atoms with Gasteiger partial charge in [0.05, 0.1) is 6.61 Å². The lowest BCUT2D eigenvalue weighted by molar-refractivity contribution is -0.274. The fourth-order valence-corrected chi connectivity index (χ4v) is 1.08. The number of rotatable bonds is 5. The highest BCUT2D eigenvalue weighted by Crippen LogP contribution is 2.22. The molecule has 0 radical (unpaired) electrons. The summed E-state index contributed by atoms with van der Waals surface area (Å²) in [5.41, 5.74) is 0.553. The van der Waals surface area contributed by atoms with E-state index >= 15 is 0 Å². The lowest BCUT2D eigenvalue weighted by Gasteiger charge is -2.10. The van der Waals surface area contributed by atoms with Gasteiger partial charge in [0.2, 0.25) is 0 Å². The summed E-state index contributed by atoms with van der Waals surface area (Å²) in [6, 6.07) is 5.01. The molecule has 0 fully saturated rings. The zero-order valence-electron chi connectivity index (χ0n) is 9.40. The minimum Gasteiger partial charge on any atom is -0.479 e. The maximum absolute atomic E-state index is 11.9. The Balaban J connectivity index is 2.53. The number of hydrogen-bond acceptors (Lipinski definition) is 3. The molecule has 1 atom stereocenters. The first-order chi connectivity index (χ1) is 8.28. The van der Waals surface area contributed by atoms with Crippen molar-refractivity contribution >= 4 is 5.97 Å². The van der Waals surface area contributed by atoms with Gasteiger partial charge in [0.1, 0.15) is 5.75 Å². The Labute approximate surface area is 101 Å². The molecule has 1 rings (SSSR count). The van der Waals surface area contributed by atoms with Gasteiger partial charge in [-0.05, 0) is 24.6 Å². The molecule has 0 amide bonds. The second-order valence-corrected chi connectivity index (χ2v) is 3.48. The molecule has 0 saturated carbocycles. The van der Waals surface area contributed by atoms with Gasteiger partial charge < -0.3 is 14.6 Å². The van der Waals surface area contributed by atoms with Crippen LogP contribution in [0.4, 0.5) is 13.2 Å². The standard InChI is InChI=1S/C11H11F3O4/c1-7(10(15)16)17-6-8-2-4-9(5-3-8)18-11(12,13)14/h2-5,7H,6H2,1H3,(H,15,16)/t7-/m1/s1. The summed E-state index contributed by atoms with van der Waals surface area (Å²) < 4.78 is 44.3. The first-order valence-electron chi connectivity index (χ1n) is 4.97. The predicted molar refractivity (Wildman–Crippen MR) is 55.0 cm³/mol. The number of carboxylic acid groups (broad SMARTS) is 1. The molecule has 0 bridgehead atoms. The Bertz CT molecular complexity index is 400. The molecule has 0 saturated heterocycles. The quantitative estimate of drug-likeness (QED) is 0.888. The van der Waals surface area contributed by atoms with Crippen LogP contribution in [-0.4, -0.2) is 23.5 Å². The Hall–Kier alpha value is -1.76. The van der Waals surface area contributed by atoms with Crippen LogP contribution < -0.4 is 4.74 Å². The van der Waals surface area contributed by atoms with Crippen molar-refractivity contribution < 1.29 is 32.5 Å². The van der Waals surface area contributed by atoms with Crippen molar-refractivity contribution in [3.8, 4) is 5.75 Å². The Kier molecular flexibility index (Phi) is 4.55. The molecule has 1 aromatic carbocycles. The summed E-state index contributed by atoms with van der Waals surface area (Å²) in [5.74, 6) is -1.44. The van der Waals surface area contributed by atoms with Gasteiger partial charge in [-0.2, -0.15) is 0 Å². The van der Waals surface area contributed by atoms with Crippen LogP contribution in [0.25, 0.3) is 0 Å². The van der Waals surface area contributed by atoms with Gasteiger partial charge in [0, 0.05) is 0 Å². The van der Waals surface area contributed by atoms with E-state index in [1.165, 1.54) is 19.1 Å². The average Bonchev–Trinajstić information content (AvgIpc) is 2.25. The van der Waals surface area contributed by atoms with Crippen molar-refractivity contribution in [2.75, 3.05) is 0 Å². The van der Waals surface area contributed by atoms with Gasteiger partial charge in [-0.25, -0.2) is 4.79 Å². The maximum atomic E-state index is 11.9. The van der Waals surface area contributed by atoms with Crippen molar-refractivity contribution in [3.63, 3.8) is 0 Å². The number of benzene rings is 1. The van der Waals surface area contributed by atoms with E-state index in [9.17, 15) is 18.0 Å². The molecule has 1 aromatic rings. The summed E-state index contributed by atoms with van der Waals surface area (Å²) in [6.07, 6.45) is -5.70. The molecule has 7 heteroatoms. The predicted octanol–water partition coefficient (Wildman–Crippen LogP) is 2.57. The molecule has 18 heavy (non-hydrogen) atoms. The molecule has 1 N–H and O–H groups in total. The minimum absolute atomic E-state index is 0.000234. The van der Waals surface area contributed by atoms with Crippen molar-refractivity contribution in [3.05, 3.63) is 29.8 Å². The molecule has 0 heterocycles. The number of alkyl halides is 3. The van der Waals surface area contributed by atoms with Crippen LogP contribution in [0.15, 0.2) is 24.3 Å². The smallest absolute Gasteiger partial charge is 0.479 e. The topological polar surface area (TPSA) is 55.8 Å². The van der Waals surface area contributed by atoms with Crippen LogP contribution in [0.5, 0.6) is 5.75 Å². The minimum atomic E-state index is -4.73. The number of aliphatic carboxylic acids is 1. The number of hydrogen-bond donors (Lipinski definition) is 1. The average molecular weight is 264 g/mol. The summed E-state index contributed by atoms with van der Waals surface area (Å²) in [6.45, 7) is 1.36. The van der Waals surface area contributed by atoms with Crippen LogP contribution in [0.2, 0.25) is 0 Å². The molecular formula is C11H11F3O4. The Morgan fingerprint density at radius 1 is 1.33 bits per heavy atom. The van der Waals surface area contributed by atoms with Crippen LogP contribution in [0.3, 0.4) is 0 Å². The van der Waals surface area contributed by atoms with Gasteiger partial charge in [-0.15, -0.1) is 13.2 Å². The van der Waals surface area contributed by atoms with Gasteiger partial charge in [0.25, 0.3) is 0 Å². The lowest BCUT2D eigenvalue weighted by atomic mass is 10.2. The third-order valence-corrected chi connectivity index (χ3v) is 2.00. The molecule has 4 nitrogen and oxygen atoms in total. The van der Waals surface area contributed by atoms with E-state index in [1.54, 1.807) is 0 Å². The highest BCUT2D eigenvalue weighted by Gasteiger charge is 2.30. The fraction of sp³-hybridized carbons (Fsp3) is 0.364. The second-order valence-electron chi connectivity index (χ2n) is 3.48. The van der Waals surface area contributed by atoms with E-state index in [2.05, 4.69) is 4.74 Å².